The molecule has 0 aliphatic rings. The topological polar surface area (TPSA) is 81.7 Å². The molecule has 0 spiro atoms. The van der Waals surface area contributed by atoms with Crippen LogP contribution in [0.3, 0.4) is 0 Å². The molecule has 1 atom stereocenters. The number of nitrogens with one attached hydrogen (secondary N) is 1. The second-order valence-corrected chi connectivity index (χ2v) is 6.03. The van der Waals surface area contributed by atoms with Gasteiger partial charge in [-0.1, -0.05) is 12.1 Å². The molecule has 2 aromatic rings. The highest BCUT2D eigenvalue weighted by Crippen LogP contribution is 2.34. The number of esters is 1. The first kappa shape index (κ1) is 21.9. The summed E-state index contributed by atoms with van der Waals surface area (Å²) in [6, 6.07) is 10.5. The summed E-state index contributed by atoms with van der Waals surface area (Å²) in [5, 5.41) is 2.10. The van der Waals surface area contributed by atoms with Crippen molar-refractivity contribution < 1.29 is 37.0 Å². The zero-order valence-corrected chi connectivity index (χ0v) is 15.6. The van der Waals surface area contributed by atoms with E-state index < -0.39 is 42.0 Å². The van der Waals surface area contributed by atoms with E-state index in [9.17, 15) is 27.6 Å². The van der Waals surface area contributed by atoms with E-state index in [1.54, 1.807) is 0 Å². The first-order valence-electron chi connectivity index (χ1n) is 8.48. The van der Waals surface area contributed by atoms with Crippen LogP contribution in [0.4, 0.5) is 18.9 Å². The molecular weight excluding hydrogens is 391 g/mol. The molecule has 29 heavy (non-hydrogen) atoms. The summed E-state index contributed by atoms with van der Waals surface area (Å²) >= 11 is 0. The summed E-state index contributed by atoms with van der Waals surface area (Å²) < 4.78 is 49.0. The molecule has 1 N–H and O–H groups in total. The van der Waals surface area contributed by atoms with E-state index in [4.69, 9.17) is 9.47 Å². The minimum absolute atomic E-state index is 0.122. The van der Waals surface area contributed by atoms with Crippen molar-refractivity contribution in [2.45, 2.75) is 26.1 Å². The lowest BCUT2D eigenvalue weighted by atomic mass is 10.1. The molecule has 154 valence electrons. The summed E-state index contributed by atoms with van der Waals surface area (Å²) in [5.74, 6) is -1.61. The van der Waals surface area contributed by atoms with E-state index in [1.807, 2.05) is 0 Å². The predicted molar refractivity (Wildman–Crippen MR) is 97.6 cm³/mol. The number of ether oxygens (including phenoxy) is 2. The highest BCUT2D eigenvalue weighted by atomic mass is 19.4. The quantitative estimate of drug-likeness (QED) is 0.555. The van der Waals surface area contributed by atoms with Gasteiger partial charge in [0.05, 0.1) is 11.3 Å². The molecule has 0 fully saturated rings. The lowest BCUT2D eigenvalue weighted by Gasteiger charge is -2.17. The van der Waals surface area contributed by atoms with Gasteiger partial charge in [-0.2, -0.15) is 13.2 Å². The number of ketones is 1. The molecule has 0 aliphatic carbocycles. The van der Waals surface area contributed by atoms with Crippen LogP contribution in [0.5, 0.6) is 5.75 Å². The minimum atomic E-state index is -4.64. The van der Waals surface area contributed by atoms with Crippen molar-refractivity contribution in [3.63, 3.8) is 0 Å². The van der Waals surface area contributed by atoms with Crippen LogP contribution in [0.2, 0.25) is 0 Å². The predicted octanol–water partition coefficient (Wildman–Crippen LogP) is 3.86. The highest BCUT2D eigenvalue weighted by molar-refractivity contribution is 5.96. The Labute approximate surface area is 164 Å². The monoisotopic (exact) mass is 409 g/mol. The number of Topliss-reactive ketones (excluding diaryl/α,β-unsaturated/α-hetero) is 1. The standard InChI is InChI=1S/C20H18F3NO5/c1-12(25)14-7-9-15(10-8-14)28-11-18(26)29-13(2)19(27)24-17-6-4-3-5-16(17)20(21,22)23/h3-10,13H,11H2,1-2H3,(H,24,27)/t13-/m0/s1. The molecular formula is C20H18F3NO5. The molecule has 2 aromatic carbocycles. The summed E-state index contributed by atoms with van der Waals surface area (Å²) in [7, 11) is 0. The molecule has 0 saturated carbocycles. The number of halogens is 3. The Hall–Kier alpha value is -3.36. The van der Waals surface area contributed by atoms with Crippen LogP contribution in [0.15, 0.2) is 48.5 Å². The van der Waals surface area contributed by atoms with Crippen LogP contribution in [-0.2, 0) is 20.5 Å². The Morgan fingerprint density at radius 3 is 2.24 bits per heavy atom. The normalized spacial score (nSPS) is 12.0. The smallest absolute Gasteiger partial charge is 0.418 e. The second kappa shape index (κ2) is 9.22. The maximum absolute atomic E-state index is 13.0. The van der Waals surface area contributed by atoms with E-state index >= 15 is 0 Å². The van der Waals surface area contributed by atoms with Gasteiger partial charge in [0.2, 0.25) is 0 Å². The molecule has 0 heterocycles. The van der Waals surface area contributed by atoms with Crippen molar-refractivity contribution in [2.24, 2.45) is 0 Å². The fourth-order valence-corrected chi connectivity index (χ4v) is 2.29. The third-order valence-corrected chi connectivity index (χ3v) is 3.79. The summed E-state index contributed by atoms with van der Waals surface area (Å²) in [6.07, 6.45) is -5.98. The SMILES string of the molecule is CC(=O)c1ccc(OCC(=O)O[C@@H](C)C(=O)Nc2ccccc2C(F)(F)F)cc1. The van der Waals surface area contributed by atoms with Crippen LogP contribution in [0, 0.1) is 0 Å². The van der Waals surface area contributed by atoms with E-state index in [0.717, 1.165) is 12.1 Å². The second-order valence-electron chi connectivity index (χ2n) is 6.03. The number of para-hydroxylation sites is 1. The fraction of sp³-hybridized carbons (Fsp3) is 0.250. The number of hydrogen-bond donors (Lipinski definition) is 1. The molecule has 0 aliphatic heterocycles. The summed E-state index contributed by atoms with van der Waals surface area (Å²) in [4.78, 5) is 35.1. The Morgan fingerprint density at radius 2 is 1.66 bits per heavy atom. The molecule has 1 amide bonds. The molecule has 2 rings (SSSR count). The van der Waals surface area contributed by atoms with Crippen LogP contribution in [0.25, 0.3) is 0 Å². The maximum Gasteiger partial charge on any atom is 0.418 e. The van der Waals surface area contributed by atoms with Crippen LogP contribution >= 0.6 is 0 Å². The lowest BCUT2D eigenvalue weighted by Crippen LogP contribution is -2.32. The Kier molecular flexibility index (Phi) is 6.98. The first-order chi connectivity index (χ1) is 13.6. The largest absolute Gasteiger partial charge is 0.482 e. The average Bonchev–Trinajstić information content (AvgIpc) is 2.66. The van der Waals surface area contributed by atoms with Crippen LogP contribution in [0.1, 0.15) is 29.8 Å². The van der Waals surface area contributed by atoms with E-state index in [0.29, 0.717) is 11.3 Å². The molecule has 0 radical (unpaired) electrons. The molecule has 0 unspecified atom stereocenters. The third kappa shape index (κ3) is 6.34. The lowest BCUT2D eigenvalue weighted by molar-refractivity contribution is -0.155. The van der Waals surface area contributed by atoms with E-state index in [1.165, 1.54) is 50.2 Å². The van der Waals surface area contributed by atoms with Gasteiger partial charge in [0.1, 0.15) is 5.75 Å². The number of hydrogen-bond acceptors (Lipinski definition) is 5. The van der Waals surface area contributed by atoms with Gasteiger partial charge in [0.25, 0.3) is 5.91 Å². The van der Waals surface area contributed by atoms with Gasteiger partial charge < -0.3 is 14.8 Å². The Balaban J connectivity index is 1.89. The first-order valence-corrected chi connectivity index (χ1v) is 8.48. The minimum Gasteiger partial charge on any atom is -0.482 e. The van der Waals surface area contributed by atoms with Gasteiger partial charge in [-0.15, -0.1) is 0 Å². The maximum atomic E-state index is 13.0. The van der Waals surface area contributed by atoms with Crippen molar-refractivity contribution in [2.75, 3.05) is 11.9 Å². The van der Waals surface area contributed by atoms with Crippen molar-refractivity contribution in [1.82, 2.24) is 0 Å². The van der Waals surface area contributed by atoms with Crippen molar-refractivity contribution in [1.29, 1.82) is 0 Å². The third-order valence-electron chi connectivity index (χ3n) is 3.79. The van der Waals surface area contributed by atoms with Crippen LogP contribution in [-0.4, -0.2) is 30.4 Å². The number of carbonyl (C=O) groups is 3. The van der Waals surface area contributed by atoms with Crippen LogP contribution < -0.4 is 10.1 Å². The van der Waals surface area contributed by atoms with Crippen molar-refractivity contribution in [3.05, 3.63) is 59.7 Å². The number of carbonyl (C=O) groups excluding carboxylic acids is 3. The molecule has 6 nitrogen and oxygen atoms in total. The van der Waals surface area contributed by atoms with Gasteiger partial charge in [-0.25, -0.2) is 4.79 Å². The Bertz CT molecular complexity index is 894. The number of alkyl halides is 3. The van der Waals surface area contributed by atoms with Gasteiger partial charge in [0.15, 0.2) is 18.5 Å². The van der Waals surface area contributed by atoms with Crippen molar-refractivity contribution in [3.8, 4) is 5.75 Å². The molecule has 0 bridgehead atoms. The average molecular weight is 409 g/mol. The number of rotatable bonds is 7. The van der Waals surface area contributed by atoms with Gasteiger partial charge in [-0.05, 0) is 50.2 Å². The zero-order valence-electron chi connectivity index (χ0n) is 15.6. The fourth-order valence-electron chi connectivity index (χ4n) is 2.29. The van der Waals surface area contributed by atoms with E-state index in [2.05, 4.69) is 5.32 Å². The number of anilines is 1. The van der Waals surface area contributed by atoms with Gasteiger partial charge in [0, 0.05) is 5.56 Å². The summed E-state index contributed by atoms with van der Waals surface area (Å²) in [6.45, 7) is 2.12. The Morgan fingerprint density at radius 1 is 1.03 bits per heavy atom. The van der Waals surface area contributed by atoms with Crippen molar-refractivity contribution >= 4 is 23.3 Å². The van der Waals surface area contributed by atoms with Gasteiger partial charge >= 0.3 is 12.1 Å². The van der Waals surface area contributed by atoms with Gasteiger partial charge in [-0.3, -0.25) is 9.59 Å². The zero-order chi connectivity index (χ0) is 21.6. The molecule has 0 saturated heterocycles. The highest BCUT2D eigenvalue weighted by Gasteiger charge is 2.34. The number of benzene rings is 2. The van der Waals surface area contributed by atoms with E-state index in [-0.39, 0.29) is 5.78 Å². The molecule has 0 aromatic heterocycles. The number of amides is 1. The summed E-state index contributed by atoms with van der Waals surface area (Å²) in [5.41, 5.74) is -0.969. The molecule has 9 heteroatoms.